The summed E-state index contributed by atoms with van der Waals surface area (Å²) in [4.78, 5) is 0. The van der Waals surface area contributed by atoms with Crippen molar-refractivity contribution >= 4 is 0 Å². The number of hydrogen-bond acceptors (Lipinski definition) is 2. The van der Waals surface area contributed by atoms with Crippen molar-refractivity contribution in [1.82, 2.24) is 0 Å². The van der Waals surface area contributed by atoms with Gasteiger partial charge in [-0.2, -0.15) is 0 Å². The molecule has 0 aliphatic rings. The first-order valence-electron chi connectivity index (χ1n) is 6.45. The highest BCUT2D eigenvalue weighted by Gasteiger charge is 1.98. The van der Waals surface area contributed by atoms with Crippen LogP contribution >= 0.6 is 0 Å². The van der Waals surface area contributed by atoms with Gasteiger partial charge >= 0.3 is 0 Å². The third kappa shape index (κ3) is 4.51. The van der Waals surface area contributed by atoms with Gasteiger partial charge in [0.05, 0.1) is 6.61 Å². The lowest BCUT2D eigenvalue weighted by molar-refractivity contribution is 0.311. The van der Waals surface area contributed by atoms with Crippen molar-refractivity contribution in [3.63, 3.8) is 0 Å². The van der Waals surface area contributed by atoms with Gasteiger partial charge in [0.2, 0.25) is 0 Å². The van der Waals surface area contributed by atoms with Gasteiger partial charge in [0.15, 0.2) is 0 Å². The molecule has 0 heterocycles. The van der Waals surface area contributed by atoms with E-state index in [1.54, 1.807) is 0 Å². The first-order chi connectivity index (χ1) is 9.38. The SMILES string of the molecule is C=CCCCOc1ccc(Oc2ccccc2)cc1. The van der Waals surface area contributed by atoms with Crippen LogP contribution in [0.5, 0.6) is 17.2 Å². The van der Waals surface area contributed by atoms with E-state index in [9.17, 15) is 0 Å². The number of allylic oxidation sites excluding steroid dienone is 1. The lowest BCUT2D eigenvalue weighted by atomic mass is 10.3. The molecule has 0 fully saturated rings. The fourth-order valence-corrected chi connectivity index (χ4v) is 1.65. The van der Waals surface area contributed by atoms with E-state index < -0.39 is 0 Å². The van der Waals surface area contributed by atoms with Crippen molar-refractivity contribution in [3.8, 4) is 17.2 Å². The molecule has 2 aromatic carbocycles. The average molecular weight is 254 g/mol. The van der Waals surface area contributed by atoms with E-state index in [2.05, 4.69) is 6.58 Å². The maximum Gasteiger partial charge on any atom is 0.127 e. The Morgan fingerprint density at radius 2 is 1.47 bits per heavy atom. The van der Waals surface area contributed by atoms with E-state index in [1.807, 2.05) is 60.7 Å². The van der Waals surface area contributed by atoms with Gasteiger partial charge in [-0.25, -0.2) is 0 Å². The summed E-state index contributed by atoms with van der Waals surface area (Å²) in [6, 6.07) is 17.4. The molecule has 0 amide bonds. The van der Waals surface area contributed by atoms with Crippen molar-refractivity contribution in [2.45, 2.75) is 12.8 Å². The fraction of sp³-hybridized carbons (Fsp3) is 0.176. The molecule has 0 saturated carbocycles. The van der Waals surface area contributed by atoms with E-state index in [0.29, 0.717) is 6.61 Å². The number of rotatable bonds is 7. The van der Waals surface area contributed by atoms with Crippen LogP contribution in [0.25, 0.3) is 0 Å². The van der Waals surface area contributed by atoms with Gasteiger partial charge in [-0.1, -0.05) is 24.3 Å². The molecule has 0 bridgehead atoms. The second-order valence-electron chi connectivity index (χ2n) is 4.17. The van der Waals surface area contributed by atoms with Crippen molar-refractivity contribution in [2.75, 3.05) is 6.61 Å². The summed E-state index contributed by atoms with van der Waals surface area (Å²) in [6.45, 7) is 4.40. The van der Waals surface area contributed by atoms with Crippen LogP contribution in [0.4, 0.5) is 0 Å². The Kier molecular flexibility index (Phi) is 5.06. The van der Waals surface area contributed by atoms with E-state index in [-0.39, 0.29) is 0 Å². The molecule has 19 heavy (non-hydrogen) atoms. The number of unbranched alkanes of at least 4 members (excludes halogenated alkanes) is 1. The molecule has 0 unspecified atom stereocenters. The number of hydrogen-bond donors (Lipinski definition) is 0. The summed E-state index contributed by atoms with van der Waals surface area (Å²) in [5, 5.41) is 0. The van der Waals surface area contributed by atoms with E-state index >= 15 is 0 Å². The van der Waals surface area contributed by atoms with Crippen molar-refractivity contribution in [1.29, 1.82) is 0 Å². The predicted molar refractivity (Wildman–Crippen MR) is 77.9 cm³/mol. The monoisotopic (exact) mass is 254 g/mol. The predicted octanol–water partition coefficient (Wildman–Crippen LogP) is 4.82. The van der Waals surface area contributed by atoms with Crippen LogP contribution in [-0.2, 0) is 0 Å². The largest absolute Gasteiger partial charge is 0.494 e. The molecular formula is C17H18O2. The normalized spacial score (nSPS) is 9.89. The quantitative estimate of drug-likeness (QED) is 0.520. The second kappa shape index (κ2) is 7.27. The second-order valence-corrected chi connectivity index (χ2v) is 4.17. The molecule has 98 valence electrons. The highest BCUT2D eigenvalue weighted by molar-refractivity contribution is 5.35. The Hall–Kier alpha value is -2.22. The van der Waals surface area contributed by atoms with Crippen molar-refractivity contribution in [3.05, 3.63) is 67.3 Å². The van der Waals surface area contributed by atoms with Crippen LogP contribution in [0.1, 0.15) is 12.8 Å². The molecule has 2 heteroatoms. The molecule has 0 aliphatic carbocycles. The van der Waals surface area contributed by atoms with Crippen LogP contribution in [-0.4, -0.2) is 6.61 Å². The molecular weight excluding hydrogens is 236 g/mol. The maximum atomic E-state index is 5.71. The molecule has 0 aliphatic heterocycles. The smallest absolute Gasteiger partial charge is 0.127 e. The summed E-state index contributed by atoms with van der Waals surface area (Å²) in [6.07, 6.45) is 3.88. The highest BCUT2D eigenvalue weighted by atomic mass is 16.5. The molecule has 2 nitrogen and oxygen atoms in total. The van der Waals surface area contributed by atoms with Gasteiger partial charge in [-0.05, 0) is 49.2 Å². The zero-order valence-electron chi connectivity index (χ0n) is 10.9. The lowest BCUT2D eigenvalue weighted by Crippen LogP contribution is -1.96. The van der Waals surface area contributed by atoms with E-state index in [0.717, 1.165) is 30.1 Å². The van der Waals surface area contributed by atoms with Crippen LogP contribution in [0.15, 0.2) is 67.3 Å². The number of ether oxygens (including phenoxy) is 2. The Labute approximate surface area is 114 Å². The Morgan fingerprint density at radius 1 is 0.842 bits per heavy atom. The minimum absolute atomic E-state index is 0.713. The minimum atomic E-state index is 0.713. The molecule has 0 radical (unpaired) electrons. The van der Waals surface area contributed by atoms with Gasteiger partial charge in [0.25, 0.3) is 0 Å². The van der Waals surface area contributed by atoms with Crippen molar-refractivity contribution < 1.29 is 9.47 Å². The fourth-order valence-electron chi connectivity index (χ4n) is 1.65. The Balaban J connectivity index is 1.86. The zero-order chi connectivity index (χ0) is 13.3. The average Bonchev–Trinajstić information content (AvgIpc) is 2.46. The Bertz CT molecular complexity index is 488. The summed E-state index contributed by atoms with van der Waals surface area (Å²) in [5.74, 6) is 2.51. The number of benzene rings is 2. The van der Waals surface area contributed by atoms with Crippen LogP contribution in [0, 0.1) is 0 Å². The highest BCUT2D eigenvalue weighted by Crippen LogP contribution is 2.23. The topological polar surface area (TPSA) is 18.5 Å². The maximum absolute atomic E-state index is 5.71. The van der Waals surface area contributed by atoms with E-state index in [1.165, 1.54) is 0 Å². The first-order valence-corrected chi connectivity index (χ1v) is 6.45. The molecule has 0 atom stereocenters. The molecule has 0 spiro atoms. The van der Waals surface area contributed by atoms with Gasteiger partial charge in [-0.15, -0.1) is 6.58 Å². The van der Waals surface area contributed by atoms with E-state index in [4.69, 9.17) is 9.47 Å². The van der Waals surface area contributed by atoms with Crippen molar-refractivity contribution in [2.24, 2.45) is 0 Å². The van der Waals surface area contributed by atoms with Gasteiger partial charge < -0.3 is 9.47 Å². The van der Waals surface area contributed by atoms with Gasteiger partial charge in [-0.3, -0.25) is 0 Å². The van der Waals surface area contributed by atoms with Crippen LogP contribution in [0.2, 0.25) is 0 Å². The number of para-hydroxylation sites is 1. The third-order valence-electron chi connectivity index (χ3n) is 2.62. The minimum Gasteiger partial charge on any atom is -0.494 e. The summed E-state index contributed by atoms with van der Waals surface area (Å²) in [7, 11) is 0. The Morgan fingerprint density at radius 3 is 2.16 bits per heavy atom. The van der Waals surface area contributed by atoms with Gasteiger partial charge in [0.1, 0.15) is 17.2 Å². The van der Waals surface area contributed by atoms with Gasteiger partial charge in [0, 0.05) is 0 Å². The molecule has 2 rings (SSSR count). The molecule has 2 aromatic rings. The van der Waals surface area contributed by atoms with Crippen LogP contribution in [0.3, 0.4) is 0 Å². The lowest BCUT2D eigenvalue weighted by Gasteiger charge is -2.08. The molecule has 0 N–H and O–H groups in total. The third-order valence-corrected chi connectivity index (χ3v) is 2.62. The first kappa shape index (κ1) is 13.2. The molecule has 0 aromatic heterocycles. The summed E-state index contributed by atoms with van der Waals surface area (Å²) >= 11 is 0. The standard InChI is InChI=1S/C17H18O2/c1-2-3-7-14-18-15-10-12-17(13-11-15)19-16-8-5-4-6-9-16/h2,4-6,8-13H,1,3,7,14H2. The summed E-state index contributed by atoms with van der Waals surface area (Å²) in [5.41, 5.74) is 0. The zero-order valence-corrected chi connectivity index (χ0v) is 10.9. The molecule has 0 saturated heterocycles. The van der Waals surface area contributed by atoms with Crippen LogP contribution < -0.4 is 9.47 Å². The summed E-state index contributed by atoms with van der Waals surface area (Å²) < 4.78 is 11.3.